The number of nitrogens with zero attached hydrogens (tertiary/aromatic N) is 3. The van der Waals surface area contributed by atoms with Crippen molar-refractivity contribution in [3.05, 3.63) is 42.2 Å². The van der Waals surface area contributed by atoms with Gasteiger partial charge in [0, 0.05) is 0 Å². The lowest BCUT2D eigenvalue weighted by Gasteiger charge is -2.04. The maximum atomic E-state index is 12.7. The first-order valence-corrected chi connectivity index (χ1v) is 4.60. The van der Waals surface area contributed by atoms with Crippen molar-refractivity contribution in [1.29, 1.82) is 0 Å². The van der Waals surface area contributed by atoms with Crippen LogP contribution in [0.1, 0.15) is 5.82 Å². The Morgan fingerprint density at radius 3 is 2.73 bits per heavy atom. The Kier molecular flexibility index (Phi) is 2.73. The Hall–Kier alpha value is -1.75. The molecule has 4 nitrogen and oxygen atoms in total. The molecular formula is C10H11FN4. The second-order valence-electron chi connectivity index (χ2n) is 3.09. The van der Waals surface area contributed by atoms with E-state index in [0.29, 0.717) is 6.54 Å². The predicted octanol–water partition coefficient (Wildman–Crippen LogP) is 1.13. The molecule has 0 bridgehead atoms. The van der Waals surface area contributed by atoms with E-state index in [9.17, 15) is 4.39 Å². The molecule has 2 rings (SSSR count). The van der Waals surface area contributed by atoms with Crippen LogP contribution in [0.15, 0.2) is 30.6 Å². The summed E-state index contributed by atoms with van der Waals surface area (Å²) in [6.45, 7) is 0.622. The van der Waals surface area contributed by atoms with Crippen LogP contribution in [0.3, 0.4) is 0 Å². The quantitative estimate of drug-likeness (QED) is 0.818. The van der Waals surface area contributed by atoms with Crippen molar-refractivity contribution in [2.45, 2.75) is 6.54 Å². The first-order chi connectivity index (χ1) is 7.31. The third-order valence-electron chi connectivity index (χ3n) is 2.02. The van der Waals surface area contributed by atoms with Gasteiger partial charge in [0.05, 0.1) is 12.2 Å². The largest absolute Gasteiger partial charge is 0.313 e. The fraction of sp³-hybridized carbons (Fsp3) is 0.200. The lowest BCUT2D eigenvalue weighted by atomic mass is 10.3. The molecule has 0 aliphatic heterocycles. The number of halogens is 1. The summed E-state index contributed by atoms with van der Waals surface area (Å²) >= 11 is 0. The summed E-state index contributed by atoms with van der Waals surface area (Å²) in [5, 5.41) is 7.07. The van der Waals surface area contributed by atoms with Crippen molar-refractivity contribution >= 4 is 0 Å². The number of benzene rings is 1. The van der Waals surface area contributed by atoms with Gasteiger partial charge in [-0.1, -0.05) is 0 Å². The average Bonchev–Trinajstić information content (AvgIpc) is 2.68. The number of hydrogen-bond donors (Lipinski definition) is 1. The Morgan fingerprint density at radius 2 is 2.07 bits per heavy atom. The third kappa shape index (κ3) is 2.02. The van der Waals surface area contributed by atoms with Crippen molar-refractivity contribution < 1.29 is 4.39 Å². The van der Waals surface area contributed by atoms with Crippen LogP contribution >= 0.6 is 0 Å². The van der Waals surface area contributed by atoms with Crippen LogP contribution < -0.4 is 5.32 Å². The van der Waals surface area contributed by atoms with E-state index in [4.69, 9.17) is 0 Å². The van der Waals surface area contributed by atoms with E-state index in [1.165, 1.54) is 18.5 Å². The molecule has 0 spiro atoms. The number of nitrogens with one attached hydrogen (secondary N) is 1. The zero-order valence-electron chi connectivity index (χ0n) is 8.31. The van der Waals surface area contributed by atoms with Crippen molar-refractivity contribution in [2.75, 3.05) is 7.05 Å². The zero-order chi connectivity index (χ0) is 10.7. The highest BCUT2D eigenvalue weighted by molar-refractivity contribution is 5.31. The van der Waals surface area contributed by atoms with E-state index in [-0.39, 0.29) is 5.82 Å². The molecule has 1 N–H and O–H groups in total. The third-order valence-corrected chi connectivity index (χ3v) is 2.02. The number of hydrogen-bond acceptors (Lipinski definition) is 3. The summed E-state index contributed by atoms with van der Waals surface area (Å²) in [7, 11) is 1.84. The minimum absolute atomic E-state index is 0.256. The predicted molar refractivity (Wildman–Crippen MR) is 54.1 cm³/mol. The monoisotopic (exact) mass is 206 g/mol. The Bertz CT molecular complexity index is 435. The van der Waals surface area contributed by atoms with Crippen LogP contribution in [0.5, 0.6) is 0 Å². The van der Waals surface area contributed by atoms with Gasteiger partial charge in [-0.25, -0.2) is 14.1 Å². The summed E-state index contributed by atoms with van der Waals surface area (Å²) in [4.78, 5) is 4.10. The molecule has 0 fully saturated rings. The second-order valence-corrected chi connectivity index (χ2v) is 3.09. The minimum atomic E-state index is -0.256. The van der Waals surface area contributed by atoms with Gasteiger partial charge < -0.3 is 5.32 Å². The summed E-state index contributed by atoms with van der Waals surface area (Å²) < 4.78 is 14.4. The van der Waals surface area contributed by atoms with Gasteiger partial charge in [-0.3, -0.25) is 0 Å². The number of rotatable bonds is 3. The Morgan fingerprint density at radius 1 is 1.33 bits per heavy atom. The van der Waals surface area contributed by atoms with E-state index in [0.717, 1.165) is 11.5 Å². The van der Waals surface area contributed by atoms with Gasteiger partial charge in [0.2, 0.25) is 0 Å². The normalized spacial score (nSPS) is 10.5. The van der Waals surface area contributed by atoms with Crippen molar-refractivity contribution in [3.8, 4) is 5.69 Å². The van der Waals surface area contributed by atoms with E-state index in [2.05, 4.69) is 15.4 Å². The van der Waals surface area contributed by atoms with Crippen molar-refractivity contribution in [3.63, 3.8) is 0 Å². The van der Waals surface area contributed by atoms with Crippen LogP contribution in [0.4, 0.5) is 4.39 Å². The lowest BCUT2D eigenvalue weighted by Crippen LogP contribution is -2.12. The highest BCUT2D eigenvalue weighted by Gasteiger charge is 2.04. The summed E-state index contributed by atoms with van der Waals surface area (Å²) in [6.07, 6.45) is 1.48. The van der Waals surface area contributed by atoms with Crippen LogP contribution in [-0.2, 0) is 6.54 Å². The van der Waals surface area contributed by atoms with Crippen molar-refractivity contribution in [2.24, 2.45) is 0 Å². The van der Waals surface area contributed by atoms with Gasteiger partial charge in [0.1, 0.15) is 18.0 Å². The molecule has 0 aliphatic rings. The van der Waals surface area contributed by atoms with Gasteiger partial charge in [-0.2, -0.15) is 5.10 Å². The first-order valence-electron chi connectivity index (χ1n) is 4.60. The highest BCUT2D eigenvalue weighted by atomic mass is 19.1. The van der Waals surface area contributed by atoms with Crippen LogP contribution in [0.2, 0.25) is 0 Å². The van der Waals surface area contributed by atoms with E-state index in [1.807, 2.05) is 7.05 Å². The molecule has 5 heteroatoms. The topological polar surface area (TPSA) is 42.7 Å². The SMILES string of the molecule is CNCc1ncnn1-c1ccc(F)cc1. The summed E-state index contributed by atoms with van der Waals surface area (Å²) in [5.74, 6) is 0.540. The van der Waals surface area contributed by atoms with Gasteiger partial charge in [-0.15, -0.1) is 0 Å². The molecule has 0 aliphatic carbocycles. The molecule has 0 unspecified atom stereocenters. The standard InChI is InChI=1S/C10H11FN4/c1-12-6-10-13-7-14-15(10)9-4-2-8(11)3-5-9/h2-5,7,12H,6H2,1H3. The molecule has 78 valence electrons. The fourth-order valence-electron chi connectivity index (χ4n) is 1.34. The van der Waals surface area contributed by atoms with E-state index in [1.54, 1.807) is 16.8 Å². The van der Waals surface area contributed by atoms with Crippen LogP contribution in [0.25, 0.3) is 5.69 Å². The zero-order valence-corrected chi connectivity index (χ0v) is 8.31. The molecule has 15 heavy (non-hydrogen) atoms. The van der Waals surface area contributed by atoms with Gasteiger partial charge >= 0.3 is 0 Å². The molecule has 1 aromatic carbocycles. The minimum Gasteiger partial charge on any atom is -0.313 e. The molecule has 2 aromatic rings. The van der Waals surface area contributed by atoms with Gasteiger partial charge in [0.25, 0.3) is 0 Å². The van der Waals surface area contributed by atoms with Gasteiger partial charge in [-0.05, 0) is 31.3 Å². The lowest BCUT2D eigenvalue weighted by molar-refractivity contribution is 0.626. The summed E-state index contributed by atoms with van der Waals surface area (Å²) in [5.41, 5.74) is 0.805. The van der Waals surface area contributed by atoms with Crippen molar-refractivity contribution in [1.82, 2.24) is 20.1 Å². The Labute approximate surface area is 86.8 Å². The number of aromatic nitrogens is 3. The second kappa shape index (κ2) is 4.18. The van der Waals surface area contributed by atoms with E-state index >= 15 is 0 Å². The smallest absolute Gasteiger partial charge is 0.146 e. The summed E-state index contributed by atoms with van der Waals surface area (Å²) in [6, 6.07) is 6.15. The maximum Gasteiger partial charge on any atom is 0.146 e. The van der Waals surface area contributed by atoms with Gasteiger partial charge in [0.15, 0.2) is 0 Å². The first kappa shape index (κ1) is 9.79. The van der Waals surface area contributed by atoms with E-state index < -0.39 is 0 Å². The maximum absolute atomic E-state index is 12.7. The van der Waals surface area contributed by atoms with Crippen LogP contribution in [-0.4, -0.2) is 21.8 Å². The molecule has 0 saturated heterocycles. The molecule has 0 saturated carbocycles. The molecule has 1 aromatic heterocycles. The Balaban J connectivity index is 2.36. The van der Waals surface area contributed by atoms with Crippen LogP contribution in [0, 0.1) is 5.82 Å². The fourth-order valence-corrected chi connectivity index (χ4v) is 1.34. The highest BCUT2D eigenvalue weighted by Crippen LogP contribution is 2.09. The molecular weight excluding hydrogens is 195 g/mol. The molecule has 1 heterocycles. The molecule has 0 radical (unpaired) electrons. The molecule has 0 amide bonds. The average molecular weight is 206 g/mol. The molecule has 0 atom stereocenters.